The van der Waals surface area contributed by atoms with Gasteiger partial charge >= 0.3 is 12.1 Å². The van der Waals surface area contributed by atoms with Crippen LogP contribution in [0.1, 0.15) is 42.7 Å². The monoisotopic (exact) mass is 496 g/mol. The highest BCUT2D eigenvalue weighted by Gasteiger charge is 2.34. The fourth-order valence-corrected chi connectivity index (χ4v) is 5.72. The van der Waals surface area contributed by atoms with Gasteiger partial charge in [-0.15, -0.1) is 0 Å². The summed E-state index contributed by atoms with van der Waals surface area (Å²) in [5.41, 5.74) is 4.56. The van der Waals surface area contributed by atoms with Crippen LogP contribution in [0.5, 0.6) is 0 Å². The van der Waals surface area contributed by atoms with Gasteiger partial charge in [-0.2, -0.15) is 11.8 Å². The minimum Gasteiger partial charge on any atom is -0.481 e. The number of carbonyl (C=O) groups is 3. The minimum absolute atomic E-state index is 0.0538. The van der Waals surface area contributed by atoms with E-state index in [2.05, 4.69) is 34.9 Å². The first-order valence-corrected chi connectivity index (χ1v) is 13.5. The van der Waals surface area contributed by atoms with Crippen molar-refractivity contribution in [2.75, 3.05) is 25.2 Å². The second kappa shape index (κ2) is 11.6. The lowest BCUT2D eigenvalue weighted by Crippen LogP contribution is -2.48. The van der Waals surface area contributed by atoms with Gasteiger partial charge in [-0.25, -0.2) is 4.79 Å². The van der Waals surface area contributed by atoms with Crippen LogP contribution in [-0.2, 0) is 14.3 Å². The number of carboxylic acid groups (broad SMARTS) is 1. The Morgan fingerprint density at radius 3 is 2.34 bits per heavy atom. The molecule has 3 atom stereocenters. The summed E-state index contributed by atoms with van der Waals surface area (Å²) in [4.78, 5) is 37.0. The number of alkyl carbamates (subject to hydrolysis) is 1. The lowest BCUT2D eigenvalue weighted by molar-refractivity contribution is -0.143. The molecule has 0 heterocycles. The van der Waals surface area contributed by atoms with Crippen LogP contribution < -0.4 is 10.6 Å². The standard InChI is InChI=1S/C27H32N2O5S/c1-35-14-13-24(25(30)28-15-17-7-6-12-18(17)26(31)32)29-27(33)34-16-23-21-10-4-2-8-19(21)20-9-3-5-11-22(20)23/h2-5,8-11,17-18,23-24H,6-7,12-16H2,1H3,(H,28,30)(H,29,33)(H,31,32)/t17-,18-,24-/m1/s1. The van der Waals surface area contributed by atoms with Gasteiger partial charge in [-0.05, 0) is 59.4 Å². The van der Waals surface area contributed by atoms with Crippen molar-refractivity contribution in [1.29, 1.82) is 0 Å². The molecule has 3 N–H and O–H groups in total. The molecule has 2 amide bonds. The molecule has 0 aromatic heterocycles. The molecule has 2 aromatic carbocycles. The molecule has 0 spiro atoms. The number of amides is 2. The molecule has 0 aliphatic heterocycles. The number of benzene rings is 2. The van der Waals surface area contributed by atoms with Gasteiger partial charge < -0.3 is 20.5 Å². The van der Waals surface area contributed by atoms with Gasteiger partial charge in [0.1, 0.15) is 12.6 Å². The van der Waals surface area contributed by atoms with Crippen LogP contribution >= 0.6 is 11.8 Å². The van der Waals surface area contributed by atoms with Crippen LogP contribution in [0.4, 0.5) is 4.79 Å². The normalized spacial score (nSPS) is 19.5. The molecule has 0 radical (unpaired) electrons. The molecule has 186 valence electrons. The van der Waals surface area contributed by atoms with E-state index < -0.39 is 24.0 Å². The van der Waals surface area contributed by atoms with Gasteiger partial charge in [0.2, 0.25) is 5.91 Å². The van der Waals surface area contributed by atoms with Gasteiger partial charge in [-0.3, -0.25) is 9.59 Å². The van der Waals surface area contributed by atoms with Gasteiger partial charge in [0, 0.05) is 12.5 Å². The zero-order valence-corrected chi connectivity index (χ0v) is 20.7. The van der Waals surface area contributed by atoms with Crippen LogP contribution in [0, 0.1) is 11.8 Å². The Bertz CT molecular complexity index is 1030. The maximum Gasteiger partial charge on any atom is 0.407 e. The summed E-state index contributed by atoms with van der Waals surface area (Å²) >= 11 is 1.59. The van der Waals surface area contributed by atoms with E-state index in [0.29, 0.717) is 25.1 Å². The second-order valence-electron chi connectivity index (χ2n) is 9.18. The molecule has 4 rings (SSSR count). The Kier molecular flexibility index (Phi) is 8.33. The van der Waals surface area contributed by atoms with Crippen molar-refractivity contribution < 1.29 is 24.2 Å². The summed E-state index contributed by atoms with van der Waals surface area (Å²) in [6, 6.07) is 15.5. The van der Waals surface area contributed by atoms with Crippen molar-refractivity contribution in [3.05, 3.63) is 59.7 Å². The molecule has 35 heavy (non-hydrogen) atoms. The predicted octanol–water partition coefficient (Wildman–Crippen LogP) is 4.26. The largest absolute Gasteiger partial charge is 0.481 e. The van der Waals surface area contributed by atoms with E-state index >= 15 is 0 Å². The quantitative estimate of drug-likeness (QED) is 0.454. The van der Waals surface area contributed by atoms with E-state index in [1.807, 2.05) is 30.5 Å². The smallest absolute Gasteiger partial charge is 0.407 e. The van der Waals surface area contributed by atoms with E-state index in [4.69, 9.17) is 4.74 Å². The topological polar surface area (TPSA) is 105 Å². The Labute approximate surface area is 210 Å². The molecular formula is C27H32N2O5S. The number of nitrogens with one attached hydrogen (secondary N) is 2. The second-order valence-corrected chi connectivity index (χ2v) is 10.2. The van der Waals surface area contributed by atoms with Crippen molar-refractivity contribution in [1.82, 2.24) is 10.6 Å². The minimum atomic E-state index is -0.808. The molecule has 7 nitrogen and oxygen atoms in total. The van der Waals surface area contributed by atoms with Gasteiger partial charge in [0.15, 0.2) is 0 Å². The number of rotatable bonds is 10. The maximum absolute atomic E-state index is 12.9. The van der Waals surface area contributed by atoms with Gasteiger partial charge in [0.05, 0.1) is 5.92 Å². The van der Waals surface area contributed by atoms with E-state index in [0.717, 1.165) is 35.1 Å². The SMILES string of the molecule is CSCC[C@@H](NC(=O)OCC1c2ccccc2-c2ccccc21)C(=O)NC[C@H]1CCC[C@H]1C(=O)O. The number of ether oxygens (including phenoxy) is 1. The zero-order chi connectivity index (χ0) is 24.8. The number of aliphatic carboxylic acids is 1. The third-order valence-electron chi connectivity index (χ3n) is 7.08. The number of hydrogen-bond acceptors (Lipinski definition) is 5. The molecule has 8 heteroatoms. The van der Waals surface area contributed by atoms with Crippen molar-refractivity contribution in [3.63, 3.8) is 0 Å². The maximum atomic E-state index is 12.9. The van der Waals surface area contributed by atoms with Crippen molar-refractivity contribution in [3.8, 4) is 11.1 Å². The molecule has 2 aromatic rings. The highest BCUT2D eigenvalue weighted by atomic mass is 32.2. The first-order valence-electron chi connectivity index (χ1n) is 12.1. The average molecular weight is 497 g/mol. The molecule has 2 aliphatic carbocycles. The number of hydrogen-bond donors (Lipinski definition) is 3. The number of carboxylic acids is 1. The van der Waals surface area contributed by atoms with E-state index in [1.54, 1.807) is 11.8 Å². The van der Waals surface area contributed by atoms with E-state index in [1.165, 1.54) is 0 Å². The Hall–Kier alpha value is -3.00. The van der Waals surface area contributed by atoms with Crippen LogP contribution in [0.2, 0.25) is 0 Å². The van der Waals surface area contributed by atoms with E-state index in [-0.39, 0.29) is 24.3 Å². The number of carbonyl (C=O) groups excluding carboxylic acids is 2. The third kappa shape index (κ3) is 5.81. The lowest BCUT2D eigenvalue weighted by atomic mass is 9.96. The van der Waals surface area contributed by atoms with Gasteiger partial charge in [0.25, 0.3) is 0 Å². The molecule has 0 bridgehead atoms. The van der Waals surface area contributed by atoms with Gasteiger partial charge in [-0.1, -0.05) is 55.0 Å². The van der Waals surface area contributed by atoms with Crippen LogP contribution in [0.3, 0.4) is 0 Å². The summed E-state index contributed by atoms with van der Waals surface area (Å²) in [6.07, 6.45) is 4.06. The Balaban J connectivity index is 1.35. The zero-order valence-electron chi connectivity index (χ0n) is 19.9. The summed E-state index contributed by atoms with van der Waals surface area (Å²) < 4.78 is 5.61. The number of thioether (sulfide) groups is 1. The Morgan fingerprint density at radius 2 is 1.71 bits per heavy atom. The first-order chi connectivity index (χ1) is 17.0. The molecule has 1 saturated carbocycles. The lowest BCUT2D eigenvalue weighted by Gasteiger charge is -2.21. The summed E-state index contributed by atoms with van der Waals surface area (Å²) in [5, 5.41) is 15.0. The molecule has 0 saturated heterocycles. The number of fused-ring (bicyclic) bond motifs is 3. The van der Waals surface area contributed by atoms with Crippen molar-refractivity contribution in [2.45, 2.75) is 37.6 Å². The Morgan fingerprint density at radius 1 is 1.06 bits per heavy atom. The van der Waals surface area contributed by atoms with Crippen molar-refractivity contribution >= 4 is 29.7 Å². The molecule has 2 aliphatic rings. The van der Waals surface area contributed by atoms with Crippen molar-refractivity contribution in [2.24, 2.45) is 11.8 Å². The molecular weight excluding hydrogens is 464 g/mol. The average Bonchev–Trinajstić information content (AvgIpc) is 3.47. The highest BCUT2D eigenvalue weighted by Crippen LogP contribution is 2.44. The molecule has 0 unspecified atom stereocenters. The van der Waals surface area contributed by atoms with Crippen LogP contribution in [-0.4, -0.2) is 54.3 Å². The fraction of sp³-hybridized carbons (Fsp3) is 0.444. The highest BCUT2D eigenvalue weighted by molar-refractivity contribution is 7.98. The van der Waals surface area contributed by atoms with E-state index in [9.17, 15) is 19.5 Å². The predicted molar refractivity (Wildman–Crippen MR) is 136 cm³/mol. The summed E-state index contributed by atoms with van der Waals surface area (Å²) in [7, 11) is 0. The summed E-state index contributed by atoms with van der Waals surface area (Å²) in [6.45, 7) is 0.483. The van der Waals surface area contributed by atoms with Crippen LogP contribution in [0.25, 0.3) is 11.1 Å². The third-order valence-corrected chi connectivity index (χ3v) is 7.72. The van der Waals surface area contributed by atoms with Crippen LogP contribution in [0.15, 0.2) is 48.5 Å². The fourth-order valence-electron chi connectivity index (χ4n) is 5.25. The molecule has 1 fully saturated rings. The summed E-state index contributed by atoms with van der Waals surface area (Å²) in [5.74, 6) is -0.965. The first kappa shape index (κ1) is 25.1.